The third kappa shape index (κ3) is 1.99. The molecule has 3 nitrogen and oxygen atoms in total. The summed E-state index contributed by atoms with van der Waals surface area (Å²) < 4.78 is 1.58. The van der Waals surface area contributed by atoms with Gasteiger partial charge in [0.1, 0.15) is 5.00 Å². The lowest BCUT2D eigenvalue weighted by Crippen LogP contribution is -2.20. The Morgan fingerprint density at radius 3 is 2.73 bits per heavy atom. The van der Waals surface area contributed by atoms with E-state index in [1.165, 1.54) is 4.88 Å². The Bertz CT molecular complexity index is 527. The second kappa shape index (κ2) is 3.98. The van der Waals surface area contributed by atoms with Gasteiger partial charge in [-0.15, -0.1) is 11.3 Å². The molecule has 2 heterocycles. The number of hydrogen-bond donors (Lipinski definition) is 0. The van der Waals surface area contributed by atoms with Gasteiger partial charge in [-0.2, -0.15) is 4.98 Å². The van der Waals surface area contributed by atoms with Crippen molar-refractivity contribution in [2.75, 3.05) is 0 Å². The fourth-order valence-corrected chi connectivity index (χ4v) is 2.19. The average molecular weight is 220 g/mol. The molecule has 0 amide bonds. The minimum absolute atomic E-state index is 0.198. The Morgan fingerprint density at radius 1 is 1.40 bits per heavy atom. The lowest BCUT2D eigenvalue weighted by molar-refractivity contribution is 0.878. The van der Waals surface area contributed by atoms with Crippen LogP contribution in [0.1, 0.15) is 17.5 Å². The summed E-state index contributed by atoms with van der Waals surface area (Å²) in [7, 11) is 0. The second-order valence-corrected chi connectivity index (χ2v) is 4.58. The first-order valence-corrected chi connectivity index (χ1v) is 5.67. The Morgan fingerprint density at radius 2 is 2.20 bits per heavy atom. The van der Waals surface area contributed by atoms with Crippen molar-refractivity contribution in [2.24, 2.45) is 0 Å². The standard InChI is InChI=1S/C11H12N2OS/c1-3-9-6-7-13(11(14)12-9)10-5-4-8(2)15-10/h4-7H,3H2,1-2H3. The molecule has 0 N–H and O–H groups in total. The van der Waals surface area contributed by atoms with Crippen molar-refractivity contribution in [1.82, 2.24) is 9.55 Å². The van der Waals surface area contributed by atoms with Crippen molar-refractivity contribution in [2.45, 2.75) is 20.3 Å². The summed E-state index contributed by atoms with van der Waals surface area (Å²) in [5, 5.41) is 0.924. The molecule has 2 rings (SSSR count). The predicted octanol–water partition coefficient (Wildman–Crippen LogP) is 2.16. The highest BCUT2D eigenvalue weighted by Gasteiger charge is 2.03. The number of aryl methyl sites for hydroxylation is 2. The first-order chi connectivity index (χ1) is 7.20. The molecule has 0 bridgehead atoms. The number of aromatic nitrogens is 2. The fraction of sp³-hybridized carbons (Fsp3) is 0.273. The molecule has 0 aliphatic heterocycles. The molecular formula is C11H12N2OS. The molecule has 15 heavy (non-hydrogen) atoms. The summed E-state index contributed by atoms with van der Waals surface area (Å²) in [6, 6.07) is 5.82. The molecule has 0 radical (unpaired) electrons. The summed E-state index contributed by atoms with van der Waals surface area (Å²) in [5.41, 5.74) is 0.640. The predicted molar refractivity (Wildman–Crippen MR) is 61.8 cm³/mol. The average Bonchev–Trinajstić information content (AvgIpc) is 2.64. The molecule has 2 aromatic heterocycles. The van der Waals surface area contributed by atoms with Gasteiger partial charge in [0.15, 0.2) is 0 Å². The van der Waals surface area contributed by atoms with Gasteiger partial charge < -0.3 is 0 Å². The quantitative estimate of drug-likeness (QED) is 0.777. The van der Waals surface area contributed by atoms with E-state index in [9.17, 15) is 4.79 Å². The Hall–Kier alpha value is -1.42. The molecule has 0 aromatic carbocycles. The highest BCUT2D eigenvalue weighted by atomic mass is 32.1. The van der Waals surface area contributed by atoms with Crippen LogP contribution in [0.4, 0.5) is 0 Å². The molecule has 0 aliphatic carbocycles. The van der Waals surface area contributed by atoms with Gasteiger partial charge >= 0.3 is 5.69 Å². The van der Waals surface area contributed by atoms with E-state index < -0.39 is 0 Å². The van der Waals surface area contributed by atoms with E-state index in [4.69, 9.17) is 0 Å². The van der Waals surface area contributed by atoms with Crippen LogP contribution in [-0.2, 0) is 6.42 Å². The molecule has 0 aliphatic rings. The topological polar surface area (TPSA) is 34.9 Å². The Kier molecular flexibility index (Phi) is 2.68. The van der Waals surface area contributed by atoms with Gasteiger partial charge in [-0.3, -0.25) is 4.57 Å². The monoisotopic (exact) mass is 220 g/mol. The van der Waals surface area contributed by atoms with Crippen molar-refractivity contribution < 1.29 is 0 Å². The van der Waals surface area contributed by atoms with Crippen LogP contribution >= 0.6 is 11.3 Å². The first kappa shape index (κ1) is 10.1. The largest absolute Gasteiger partial charge is 0.353 e. The van der Waals surface area contributed by atoms with Crippen LogP contribution in [0.25, 0.3) is 5.00 Å². The maximum absolute atomic E-state index is 11.7. The summed E-state index contributed by atoms with van der Waals surface area (Å²) in [6.45, 7) is 4.01. The van der Waals surface area contributed by atoms with Gasteiger partial charge in [-0.05, 0) is 31.5 Å². The van der Waals surface area contributed by atoms with E-state index in [2.05, 4.69) is 4.98 Å². The van der Waals surface area contributed by atoms with Gasteiger partial charge in [-0.1, -0.05) is 6.92 Å². The summed E-state index contributed by atoms with van der Waals surface area (Å²) in [4.78, 5) is 16.8. The van der Waals surface area contributed by atoms with E-state index in [-0.39, 0.29) is 5.69 Å². The third-order valence-corrected chi connectivity index (χ3v) is 3.19. The number of nitrogens with zero attached hydrogens (tertiary/aromatic N) is 2. The van der Waals surface area contributed by atoms with Crippen LogP contribution in [-0.4, -0.2) is 9.55 Å². The van der Waals surface area contributed by atoms with E-state index in [0.29, 0.717) is 0 Å². The molecule has 0 spiro atoms. The molecule has 0 saturated carbocycles. The summed E-state index contributed by atoms with van der Waals surface area (Å²) in [5.74, 6) is 0. The Balaban J connectivity index is 2.50. The summed E-state index contributed by atoms with van der Waals surface area (Å²) in [6.07, 6.45) is 2.58. The van der Waals surface area contributed by atoms with Crippen molar-refractivity contribution in [3.8, 4) is 5.00 Å². The maximum atomic E-state index is 11.7. The smallest absolute Gasteiger partial charge is 0.259 e. The zero-order valence-electron chi connectivity index (χ0n) is 8.73. The molecule has 0 fully saturated rings. The number of rotatable bonds is 2. The van der Waals surface area contributed by atoms with E-state index in [1.54, 1.807) is 22.1 Å². The zero-order valence-corrected chi connectivity index (χ0v) is 9.54. The van der Waals surface area contributed by atoms with Crippen LogP contribution in [0, 0.1) is 6.92 Å². The van der Waals surface area contributed by atoms with Gasteiger partial charge in [-0.25, -0.2) is 4.79 Å². The van der Waals surface area contributed by atoms with Crippen LogP contribution in [0.5, 0.6) is 0 Å². The number of hydrogen-bond acceptors (Lipinski definition) is 3. The molecule has 4 heteroatoms. The van der Waals surface area contributed by atoms with Crippen LogP contribution in [0.3, 0.4) is 0 Å². The summed E-state index contributed by atoms with van der Waals surface area (Å²) >= 11 is 1.59. The van der Waals surface area contributed by atoms with Crippen LogP contribution in [0.2, 0.25) is 0 Å². The van der Waals surface area contributed by atoms with Crippen molar-refractivity contribution in [3.63, 3.8) is 0 Å². The second-order valence-electron chi connectivity index (χ2n) is 3.31. The molecule has 2 aromatic rings. The van der Waals surface area contributed by atoms with Crippen molar-refractivity contribution in [1.29, 1.82) is 0 Å². The fourth-order valence-electron chi connectivity index (χ4n) is 1.35. The van der Waals surface area contributed by atoms with Crippen molar-refractivity contribution >= 4 is 11.3 Å². The van der Waals surface area contributed by atoms with Gasteiger partial charge in [0, 0.05) is 16.8 Å². The first-order valence-electron chi connectivity index (χ1n) is 4.86. The molecule has 0 saturated heterocycles. The van der Waals surface area contributed by atoms with Crippen LogP contribution < -0.4 is 5.69 Å². The van der Waals surface area contributed by atoms with Gasteiger partial charge in [0.05, 0.1) is 0 Å². The lowest BCUT2D eigenvalue weighted by Gasteiger charge is -2.01. The molecule has 0 atom stereocenters. The SMILES string of the molecule is CCc1ccn(-c2ccc(C)s2)c(=O)n1. The van der Waals surface area contributed by atoms with E-state index in [0.717, 1.165) is 17.1 Å². The van der Waals surface area contributed by atoms with Crippen LogP contribution in [0.15, 0.2) is 29.2 Å². The molecular weight excluding hydrogens is 208 g/mol. The third-order valence-electron chi connectivity index (χ3n) is 2.19. The maximum Gasteiger partial charge on any atom is 0.353 e. The Labute approximate surface area is 92.0 Å². The van der Waals surface area contributed by atoms with Gasteiger partial charge in [0.2, 0.25) is 0 Å². The zero-order chi connectivity index (χ0) is 10.8. The molecule has 78 valence electrons. The minimum Gasteiger partial charge on any atom is -0.259 e. The lowest BCUT2D eigenvalue weighted by atomic mass is 10.3. The highest BCUT2D eigenvalue weighted by molar-refractivity contribution is 7.14. The highest BCUT2D eigenvalue weighted by Crippen LogP contribution is 2.17. The molecule has 0 unspecified atom stereocenters. The normalized spacial score (nSPS) is 10.5. The van der Waals surface area contributed by atoms with E-state index in [1.807, 2.05) is 32.0 Å². The minimum atomic E-state index is -0.198. The van der Waals surface area contributed by atoms with Crippen molar-refractivity contribution in [3.05, 3.63) is 45.5 Å². The van der Waals surface area contributed by atoms with E-state index >= 15 is 0 Å². The van der Waals surface area contributed by atoms with Gasteiger partial charge in [0.25, 0.3) is 0 Å². The number of thiophene rings is 1.